The number of hydrogen-bond donors (Lipinski definition) is 1. The molecule has 3 rings (SSSR count). The van der Waals surface area contributed by atoms with E-state index in [0.717, 1.165) is 19.5 Å². The van der Waals surface area contributed by atoms with Crippen molar-refractivity contribution in [2.75, 3.05) is 13.1 Å². The Hall–Kier alpha value is -1.87. The van der Waals surface area contributed by atoms with Crippen LogP contribution in [-0.4, -0.2) is 29.9 Å². The standard InChI is InChI=1S/C18H22N2O/c1-2-18(21)20(17-9-10-19-12-17)13-14-7-8-15-5-3-4-6-16(15)11-14/h3-8,11,17,19H,2,9-10,12-13H2,1H3/t17-/m0/s1. The number of carbonyl (C=O) groups is 1. The number of nitrogens with one attached hydrogen (secondary N) is 1. The Balaban J connectivity index is 1.84. The van der Waals surface area contributed by atoms with E-state index in [9.17, 15) is 4.79 Å². The van der Waals surface area contributed by atoms with Crippen molar-refractivity contribution >= 4 is 16.7 Å². The minimum atomic E-state index is 0.247. The lowest BCUT2D eigenvalue weighted by molar-refractivity contribution is -0.133. The quantitative estimate of drug-likeness (QED) is 0.935. The maximum atomic E-state index is 12.3. The number of benzene rings is 2. The highest BCUT2D eigenvalue weighted by Crippen LogP contribution is 2.19. The normalized spacial score (nSPS) is 18.0. The first-order valence-electron chi connectivity index (χ1n) is 7.76. The maximum absolute atomic E-state index is 12.3. The Morgan fingerprint density at radius 3 is 2.76 bits per heavy atom. The molecule has 0 radical (unpaired) electrons. The zero-order valence-corrected chi connectivity index (χ0v) is 12.5. The summed E-state index contributed by atoms with van der Waals surface area (Å²) < 4.78 is 0. The SMILES string of the molecule is CCC(=O)N(Cc1ccc2ccccc2c1)[C@H]1CCNC1. The minimum absolute atomic E-state index is 0.247. The summed E-state index contributed by atoms with van der Waals surface area (Å²) in [6, 6.07) is 15.2. The van der Waals surface area contributed by atoms with Gasteiger partial charge in [0.1, 0.15) is 0 Å². The first-order valence-corrected chi connectivity index (χ1v) is 7.76. The molecule has 110 valence electrons. The zero-order chi connectivity index (χ0) is 14.7. The van der Waals surface area contributed by atoms with Gasteiger partial charge in [0.15, 0.2) is 0 Å². The molecular weight excluding hydrogens is 260 g/mol. The second-order valence-corrected chi connectivity index (χ2v) is 5.70. The van der Waals surface area contributed by atoms with Crippen LogP contribution in [0.2, 0.25) is 0 Å². The first kappa shape index (κ1) is 14.1. The van der Waals surface area contributed by atoms with Gasteiger partial charge in [-0.15, -0.1) is 0 Å². The van der Waals surface area contributed by atoms with Crippen molar-refractivity contribution in [3.63, 3.8) is 0 Å². The van der Waals surface area contributed by atoms with Crippen LogP contribution in [0.15, 0.2) is 42.5 Å². The lowest BCUT2D eigenvalue weighted by Crippen LogP contribution is -2.40. The highest BCUT2D eigenvalue weighted by atomic mass is 16.2. The summed E-state index contributed by atoms with van der Waals surface area (Å²) >= 11 is 0. The molecule has 0 spiro atoms. The van der Waals surface area contributed by atoms with Crippen molar-refractivity contribution in [1.82, 2.24) is 10.2 Å². The molecule has 0 unspecified atom stereocenters. The van der Waals surface area contributed by atoms with Crippen LogP contribution in [0.3, 0.4) is 0 Å². The van der Waals surface area contributed by atoms with Gasteiger partial charge in [-0.05, 0) is 35.4 Å². The monoisotopic (exact) mass is 282 g/mol. The summed E-state index contributed by atoms with van der Waals surface area (Å²) in [5.41, 5.74) is 1.21. The summed E-state index contributed by atoms with van der Waals surface area (Å²) in [6.45, 7) is 4.58. The van der Waals surface area contributed by atoms with Crippen LogP contribution in [-0.2, 0) is 11.3 Å². The predicted molar refractivity (Wildman–Crippen MR) is 86.1 cm³/mol. The maximum Gasteiger partial charge on any atom is 0.222 e. The van der Waals surface area contributed by atoms with Crippen LogP contribution in [0.25, 0.3) is 10.8 Å². The summed E-state index contributed by atoms with van der Waals surface area (Å²) in [5.74, 6) is 0.247. The van der Waals surface area contributed by atoms with Crippen molar-refractivity contribution in [1.29, 1.82) is 0 Å². The second kappa shape index (κ2) is 6.27. The van der Waals surface area contributed by atoms with Crippen LogP contribution < -0.4 is 5.32 Å². The summed E-state index contributed by atoms with van der Waals surface area (Å²) in [4.78, 5) is 14.3. The number of amides is 1. The van der Waals surface area contributed by atoms with Crippen molar-refractivity contribution in [3.05, 3.63) is 48.0 Å². The number of hydrogen-bond acceptors (Lipinski definition) is 2. The van der Waals surface area contributed by atoms with Gasteiger partial charge >= 0.3 is 0 Å². The van der Waals surface area contributed by atoms with Crippen molar-refractivity contribution < 1.29 is 4.79 Å². The number of rotatable bonds is 4. The van der Waals surface area contributed by atoms with Crippen molar-refractivity contribution in [3.8, 4) is 0 Å². The number of nitrogens with zero attached hydrogens (tertiary/aromatic N) is 1. The van der Waals surface area contributed by atoms with E-state index in [4.69, 9.17) is 0 Å². The molecule has 1 aliphatic heterocycles. The molecule has 1 amide bonds. The molecule has 0 aliphatic carbocycles. The number of carbonyl (C=O) groups excluding carboxylic acids is 1. The highest BCUT2D eigenvalue weighted by Gasteiger charge is 2.25. The number of fused-ring (bicyclic) bond motifs is 1. The molecule has 1 N–H and O–H groups in total. The third kappa shape index (κ3) is 3.08. The first-order chi connectivity index (χ1) is 10.3. The molecule has 2 aromatic rings. The average Bonchev–Trinajstić information content (AvgIpc) is 3.06. The molecule has 21 heavy (non-hydrogen) atoms. The smallest absolute Gasteiger partial charge is 0.222 e. The van der Waals surface area contributed by atoms with E-state index in [1.165, 1.54) is 16.3 Å². The predicted octanol–water partition coefficient (Wildman–Crippen LogP) is 2.94. The van der Waals surface area contributed by atoms with Crippen molar-refractivity contribution in [2.24, 2.45) is 0 Å². The minimum Gasteiger partial charge on any atom is -0.334 e. The lowest BCUT2D eigenvalue weighted by Gasteiger charge is -2.28. The fraction of sp³-hybridized carbons (Fsp3) is 0.389. The molecule has 2 aromatic carbocycles. The van der Waals surface area contributed by atoms with E-state index in [2.05, 4.69) is 47.8 Å². The van der Waals surface area contributed by atoms with E-state index < -0.39 is 0 Å². The molecule has 0 bridgehead atoms. The third-order valence-electron chi connectivity index (χ3n) is 4.26. The lowest BCUT2D eigenvalue weighted by atomic mass is 10.1. The topological polar surface area (TPSA) is 32.3 Å². The van der Waals surface area contributed by atoms with Gasteiger partial charge < -0.3 is 10.2 Å². The van der Waals surface area contributed by atoms with E-state index in [0.29, 0.717) is 19.0 Å². The van der Waals surface area contributed by atoms with Gasteiger partial charge in [0.05, 0.1) is 0 Å². The molecule has 1 aliphatic rings. The molecule has 1 fully saturated rings. The summed E-state index contributed by atoms with van der Waals surface area (Å²) in [5, 5.41) is 5.84. The van der Waals surface area contributed by atoms with Crippen LogP contribution in [0, 0.1) is 0 Å². The molecule has 1 saturated heterocycles. The van der Waals surface area contributed by atoms with Gasteiger partial charge in [-0.25, -0.2) is 0 Å². The van der Waals surface area contributed by atoms with Gasteiger partial charge in [0.2, 0.25) is 5.91 Å². The summed E-state index contributed by atoms with van der Waals surface area (Å²) in [7, 11) is 0. The molecule has 1 atom stereocenters. The Bertz CT molecular complexity index is 632. The fourth-order valence-electron chi connectivity index (χ4n) is 3.06. The van der Waals surface area contributed by atoms with Gasteiger partial charge in [0.25, 0.3) is 0 Å². The van der Waals surface area contributed by atoms with E-state index in [1.54, 1.807) is 0 Å². The van der Waals surface area contributed by atoms with Crippen molar-refractivity contribution in [2.45, 2.75) is 32.4 Å². The summed E-state index contributed by atoms with van der Waals surface area (Å²) in [6.07, 6.45) is 1.63. The third-order valence-corrected chi connectivity index (χ3v) is 4.26. The molecule has 1 heterocycles. The Labute approximate surface area is 125 Å². The van der Waals surface area contributed by atoms with E-state index in [-0.39, 0.29) is 5.91 Å². The van der Waals surface area contributed by atoms with Gasteiger partial charge in [-0.2, -0.15) is 0 Å². The van der Waals surface area contributed by atoms with E-state index in [1.807, 2.05) is 11.8 Å². The Morgan fingerprint density at radius 2 is 2.05 bits per heavy atom. The van der Waals surface area contributed by atoms with Gasteiger partial charge in [0, 0.05) is 25.6 Å². The Kier molecular flexibility index (Phi) is 4.20. The van der Waals surface area contributed by atoms with Crippen LogP contribution in [0.1, 0.15) is 25.3 Å². The molecule has 0 saturated carbocycles. The fourth-order valence-corrected chi connectivity index (χ4v) is 3.06. The van der Waals surface area contributed by atoms with Crippen LogP contribution in [0.5, 0.6) is 0 Å². The second-order valence-electron chi connectivity index (χ2n) is 5.70. The molecule has 0 aromatic heterocycles. The van der Waals surface area contributed by atoms with Crippen LogP contribution in [0.4, 0.5) is 0 Å². The Morgan fingerprint density at radius 1 is 1.24 bits per heavy atom. The highest BCUT2D eigenvalue weighted by molar-refractivity contribution is 5.83. The van der Waals surface area contributed by atoms with E-state index >= 15 is 0 Å². The largest absolute Gasteiger partial charge is 0.334 e. The average molecular weight is 282 g/mol. The molecule has 3 nitrogen and oxygen atoms in total. The van der Waals surface area contributed by atoms with Crippen LogP contribution >= 0.6 is 0 Å². The molecule has 3 heteroatoms. The molecular formula is C18H22N2O. The van der Waals surface area contributed by atoms with Gasteiger partial charge in [-0.3, -0.25) is 4.79 Å². The van der Waals surface area contributed by atoms with Gasteiger partial charge in [-0.1, -0.05) is 43.3 Å². The zero-order valence-electron chi connectivity index (χ0n) is 12.5.